The van der Waals surface area contributed by atoms with Crippen LogP contribution in [-0.4, -0.2) is 66.1 Å². The molecule has 2 aromatic rings. The van der Waals surface area contributed by atoms with Crippen LogP contribution in [-0.2, 0) is 17.1 Å². The molecule has 2 aliphatic heterocycles. The maximum atomic E-state index is 12.9. The summed E-state index contributed by atoms with van der Waals surface area (Å²) < 4.78 is 39.5. The van der Waals surface area contributed by atoms with Crippen molar-refractivity contribution in [1.29, 1.82) is 0 Å². The third-order valence-corrected chi connectivity index (χ3v) is 6.82. The highest BCUT2D eigenvalue weighted by atomic mass is 32.2. The fraction of sp³-hybridized carbons (Fsp3) is 0.444. The molecule has 0 spiro atoms. The first-order chi connectivity index (χ1) is 13.4. The molecule has 1 fully saturated rings. The van der Waals surface area contributed by atoms with E-state index in [0.29, 0.717) is 48.9 Å². The van der Waals surface area contributed by atoms with Crippen LogP contribution in [0.3, 0.4) is 0 Å². The summed E-state index contributed by atoms with van der Waals surface area (Å²) >= 11 is 0. The first-order valence-corrected chi connectivity index (χ1v) is 10.5. The molecule has 0 saturated carbocycles. The third-order valence-electron chi connectivity index (χ3n) is 5.05. The van der Waals surface area contributed by atoms with Crippen LogP contribution in [0.15, 0.2) is 29.4 Å². The van der Waals surface area contributed by atoms with E-state index in [-0.39, 0.29) is 24.3 Å². The molecule has 2 aliphatic rings. The number of carbonyl (C=O) groups is 1. The van der Waals surface area contributed by atoms with Crippen LogP contribution >= 0.6 is 0 Å². The van der Waals surface area contributed by atoms with Crippen molar-refractivity contribution in [2.75, 3.05) is 33.0 Å². The van der Waals surface area contributed by atoms with Crippen LogP contribution in [0.5, 0.6) is 11.5 Å². The number of aromatic nitrogens is 2. The average Bonchev–Trinajstić information content (AvgIpc) is 3.18. The molecule has 0 N–H and O–H groups in total. The van der Waals surface area contributed by atoms with Crippen LogP contribution in [0.4, 0.5) is 0 Å². The zero-order valence-corrected chi connectivity index (χ0v) is 16.6. The fourth-order valence-electron chi connectivity index (χ4n) is 3.33. The number of ether oxygens (including phenoxy) is 2. The number of fused-ring (bicyclic) bond motifs is 1. The van der Waals surface area contributed by atoms with Crippen molar-refractivity contribution >= 4 is 15.9 Å². The van der Waals surface area contributed by atoms with Gasteiger partial charge in [-0.15, -0.1) is 0 Å². The molecule has 0 radical (unpaired) electrons. The van der Waals surface area contributed by atoms with E-state index in [1.165, 1.54) is 10.5 Å². The summed E-state index contributed by atoms with van der Waals surface area (Å²) in [6.07, 6.45) is 2.08. The molecule has 150 valence electrons. The fourth-order valence-corrected chi connectivity index (χ4v) is 4.83. The normalized spacial score (nSPS) is 17.6. The predicted octanol–water partition coefficient (Wildman–Crippen LogP) is 0.994. The van der Waals surface area contributed by atoms with Gasteiger partial charge in [0.2, 0.25) is 6.79 Å². The minimum absolute atomic E-state index is 0.0445. The number of aryl methyl sites for hydroxylation is 2. The lowest BCUT2D eigenvalue weighted by Gasteiger charge is -2.21. The quantitative estimate of drug-likeness (QED) is 0.755. The molecule has 1 amide bonds. The monoisotopic (exact) mass is 406 g/mol. The number of benzene rings is 1. The lowest BCUT2D eigenvalue weighted by molar-refractivity contribution is 0.0764. The maximum absolute atomic E-state index is 12.9. The third kappa shape index (κ3) is 3.33. The first kappa shape index (κ1) is 18.8. The standard InChI is InChI=1S/C18H22N4O5S/c1-13-19-17(11-20(13)2)28(24,25)22-7-3-6-21(8-9-22)18(23)14-4-5-15-16(10-14)27-12-26-15/h4-5,10-11H,3,6-9,12H2,1-2H3. The van der Waals surface area contributed by atoms with E-state index in [4.69, 9.17) is 9.47 Å². The Kier molecular flexibility index (Phi) is 4.76. The Labute approximate surface area is 163 Å². The molecule has 4 rings (SSSR count). The van der Waals surface area contributed by atoms with Crippen LogP contribution in [0.25, 0.3) is 0 Å². The molecular weight excluding hydrogens is 384 g/mol. The van der Waals surface area contributed by atoms with Gasteiger partial charge in [-0.3, -0.25) is 4.79 Å². The highest BCUT2D eigenvalue weighted by Gasteiger charge is 2.31. The molecule has 0 atom stereocenters. The molecule has 28 heavy (non-hydrogen) atoms. The molecule has 1 aromatic heterocycles. The Morgan fingerprint density at radius 3 is 2.64 bits per heavy atom. The zero-order chi connectivity index (χ0) is 19.9. The Morgan fingerprint density at radius 2 is 1.89 bits per heavy atom. The van der Waals surface area contributed by atoms with E-state index in [0.717, 1.165) is 0 Å². The van der Waals surface area contributed by atoms with Crippen LogP contribution < -0.4 is 9.47 Å². The van der Waals surface area contributed by atoms with E-state index in [2.05, 4.69) is 4.98 Å². The van der Waals surface area contributed by atoms with Gasteiger partial charge >= 0.3 is 0 Å². The molecule has 10 heteroatoms. The number of imidazole rings is 1. The second kappa shape index (κ2) is 7.10. The second-order valence-corrected chi connectivity index (χ2v) is 8.74. The topological polar surface area (TPSA) is 94.0 Å². The molecule has 0 aliphatic carbocycles. The lowest BCUT2D eigenvalue weighted by atomic mass is 10.1. The predicted molar refractivity (Wildman–Crippen MR) is 99.8 cm³/mol. The van der Waals surface area contributed by atoms with E-state index in [1.807, 2.05) is 0 Å². The lowest BCUT2D eigenvalue weighted by Crippen LogP contribution is -2.37. The van der Waals surface area contributed by atoms with Crippen molar-refractivity contribution in [2.45, 2.75) is 18.4 Å². The minimum atomic E-state index is -3.68. The van der Waals surface area contributed by atoms with Gasteiger partial charge in [0.15, 0.2) is 16.5 Å². The van der Waals surface area contributed by atoms with Crippen molar-refractivity contribution in [3.05, 3.63) is 35.8 Å². The minimum Gasteiger partial charge on any atom is -0.454 e. The summed E-state index contributed by atoms with van der Waals surface area (Å²) in [5.74, 6) is 1.66. The van der Waals surface area contributed by atoms with Gasteiger partial charge in [0.25, 0.3) is 15.9 Å². The second-order valence-electron chi connectivity index (χ2n) is 6.86. The van der Waals surface area contributed by atoms with Crippen molar-refractivity contribution in [3.8, 4) is 11.5 Å². The number of sulfonamides is 1. The molecule has 0 unspecified atom stereocenters. The Balaban J connectivity index is 1.48. The molecule has 3 heterocycles. The summed E-state index contributed by atoms with van der Waals surface area (Å²) in [7, 11) is -1.92. The van der Waals surface area contributed by atoms with Gasteiger partial charge in [-0.1, -0.05) is 0 Å². The largest absolute Gasteiger partial charge is 0.454 e. The number of nitrogens with zero attached hydrogens (tertiary/aromatic N) is 4. The summed E-state index contributed by atoms with van der Waals surface area (Å²) in [6, 6.07) is 5.08. The molecular formula is C18H22N4O5S. The Morgan fingerprint density at radius 1 is 1.11 bits per heavy atom. The van der Waals surface area contributed by atoms with Gasteiger partial charge < -0.3 is 18.9 Å². The van der Waals surface area contributed by atoms with Crippen molar-refractivity contribution < 1.29 is 22.7 Å². The van der Waals surface area contributed by atoms with Gasteiger partial charge in [-0.05, 0) is 31.5 Å². The van der Waals surface area contributed by atoms with E-state index in [9.17, 15) is 13.2 Å². The van der Waals surface area contributed by atoms with Crippen LogP contribution in [0, 0.1) is 6.92 Å². The zero-order valence-electron chi connectivity index (χ0n) is 15.8. The summed E-state index contributed by atoms with van der Waals surface area (Å²) in [5.41, 5.74) is 0.501. The number of amides is 1. The van der Waals surface area contributed by atoms with Crippen LogP contribution in [0.1, 0.15) is 22.6 Å². The van der Waals surface area contributed by atoms with E-state index < -0.39 is 10.0 Å². The van der Waals surface area contributed by atoms with Crippen molar-refractivity contribution in [1.82, 2.24) is 18.8 Å². The molecule has 9 nitrogen and oxygen atoms in total. The number of hydrogen-bond donors (Lipinski definition) is 0. The first-order valence-electron chi connectivity index (χ1n) is 9.05. The van der Waals surface area contributed by atoms with Gasteiger partial charge in [-0.2, -0.15) is 4.31 Å². The van der Waals surface area contributed by atoms with Gasteiger partial charge in [0, 0.05) is 45.0 Å². The Bertz CT molecular complexity index is 997. The molecule has 1 saturated heterocycles. The van der Waals surface area contributed by atoms with E-state index >= 15 is 0 Å². The Hall–Kier alpha value is -2.59. The number of carbonyl (C=O) groups excluding carboxylic acids is 1. The van der Waals surface area contributed by atoms with Crippen molar-refractivity contribution in [2.24, 2.45) is 7.05 Å². The summed E-state index contributed by atoms with van der Waals surface area (Å²) in [5, 5.41) is 0.0445. The highest BCUT2D eigenvalue weighted by molar-refractivity contribution is 7.89. The summed E-state index contributed by atoms with van der Waals surface area (Å²) in [6.45, 7) is 3.29. The SMILES string of the molecule is Cc1nc(S(=O)(=O)N2CCCN(C(=O)c3ccc4c(c3)OCO4)CC2)cn1C. The van der Waals surface area contributed by atoms with Gasteiger partial charge in [-0.25, -0.2) is 13.4 Å². The van der Waals surface area contributed by atoms with Crippen LogP contribution in [0.2, 0.25) is 0 Å². The van der Waals surface area contributed by atoms with Crippen molar-refractivity contribution in [3.63, 3.8) is 0 Å². The number of rotatable bonds is 3. The summed E-state index contributed by atoms with van der Waals surface area (Å²) in [4.78, 5) is 18.7. The van der Waals surface area contributed by atoms with Gasteiger partial charge in [0.1, 0.15) is 5.82 Å². The highest BCUT2D eigenvalue weighted by Crippen LogP contribution is 2.33. The molecule has 1 aromatic carbocycles. The maximum Gasteiger partial charge on any atom is 0.262 e. The van der Waals surface area contributed by atoms with E-state index in [1.54, 1.807) is 41.6 Å². The van der Waals surface area contributed by atoms with Gasteiger partial charge in [0.05, 0.1) is 0 Å². The average molecular weight is 406 g/mol. The number of hydrogen-bond acceptors (Lipinski definition) is 6. The molecule has 0 bridgehead atoms. The smallest absolute Gasteiger partial charge is 0.262 e.